The molecule has 208 valence electrons. The molecule has 39 heavy (non-hydrogen) atoms. The van der Waals surface area contributed by atoms with E-state index in [-0.39, 0.29) is 23.4 Å². The number of carbonyl (C=O) groups is 2. The summed E-state index contributed by atoms with van der Waals surface area (Å²) in [6.07, 6.45) is 0.723. The zero-order valence-corrected chi connectivity index (χ0v) is 24.7. The van der Waals surface area contributed by atoms with Crippen LogP contribution in [0.5, 0.6) is 0 Å². The van der Waals surface area contributed by atoms with Crippen molar-refractivity contribution in [2.24, 2.45) is 0 Å². The van der Waals surface area contributed by atoms with Gasteiger partial charge in [-0.25, -0.2) is 8.42 Å². The minimum absolute atomic E-state index is 0.00997. The molecule has 3 aromatic carbocycles. The minimum Gasteiger partial charge on any atom is -0.352 e. The molecule has 3 rings (SSSR count). The Bertz CT molecular complexity index is 1400. The quantitative estimate of drug-likeness (QED) is 0.305. The molecule has 0 unspecified atom stereocenters. The molecule has 0 spiro atoms. The van der Waals surface area contributed by atoms with Crippen molar-refractivity contribution in [2.75, 3.05) is 10.8 Å². The summed E-state index contributed by atoms with van der Waals surface area (Å²) in [7, 11) is -4.16. The van der Waals surface area contributed by atoms with Crippen LogP contribution in [0, 0.1) is 6.92 Å². The maximum Gasteiger partial charge on any atom is 0.264 e. The Hall–Kier alpha value is -3.07. The van der Waals surface area contributed by atoms with Crippen molar-refractivity contribution < 1.29 is 18.0 Å². The first kappa shape index (κ1) is 30.5. The van der Waals surface area contributed by atoms with Gasteiger partial charge in [0, 0.05) is 22.6 Å². The van der Waals surface area contributed by atoms with E-state index in [9.17, 15) is 18.0 Å². The maximum absolute atomic E-state index is 13.9. The van der Waals surface area contributed by atoms with Gasteiger partial charge in [0.15, 0.2) is 0 Å². The zero-order chi connectivity index (χ0) is 28.7. The topological polar surface area (TPSA) is 86.8 Å². The number of hydrogen-bond acceptors (Lipinski definition) is 4. The summed E-state index contributed by atoms with van der Waals surface area (Å²) in [6, 6.07) is 18.6. The van der Waals surface area contributed by atoms with Crippen molar-refractivity contribution in [2.45, 2.75) is 57.6 Å². The van der Waals surface area contributed by atoms with E-state index in [1.54, 1.807) is 55.5 Å². The van der Waals surface area contributed by atoms with Crippen LogP contribution in [0.1, 0.15) is 38.3 Å². The maximum atomic E-state index is 13.9. The Morgan fingerprint density at radius 3 is 2.15 bits per heavy atom. The van der Waals surface area contributed by atoms with E-state index in [0.717, 1.165) is 16.3 Å². The molecule has 0 saturated carbocycles. The first-order valence-corrected chi connectivity index (χ1v) is 14.8. The predicted molar refractivity (Wildman–Crippen MR) is 157 cm³/mol. The van der Waals surface area contributed by atoms with Crippen LogP contribution < -0.4 is 9.62 Å². The van der Waals surface area contributed by atoms with E-state index in [2.05, 4.69) is 5.32 Å². The SMILES string of the molecule is CC[C@@H](C)NC(=O)[C@@H](C)N(Cc1cccc(Cl)c1)C(=O)CN(c1ccc(C)cc1)S(=O)(=O)c1ccc(Cl)cc1. The summed E-state index contributed by atoms with van der Waals surface area (Å²) in [5.74, 6) is -0.873. The van der Waals surface area contributed by atoms with Gasteiger partial charge in [-0.15, -0.1) is 0 Å². The van der Waals surface area contributed by atoms with Crippen LogP contribution >= 0.6 is 23.2 Å². The van der Waals surface area contributed by atoms with Crippen molar-refractivity contribution in [1.82, 2.24) is 10.2 Å². The van der Waals surface area contributed by atoms with Crippen LogP contribution in [0.2, 0.25) is 10.0 Å². The minimum atomic E-state index is -4.16. The summed E-state index contributed by atoms with van der Waals surface area (Å²) in [5.41, 5.74) is 1.97. The lowest BCUT2D eigenvalue weighted by atomic mass is 10.1. The molecule has 2 amide bonds. The molecule has 0 saturated heterocycles. The van der Waals surface area contributed by atoms with Gasteiger partial charge < -0.3 is 10.2 Å². The summed E-state index contributed by atoms with van der Waals surface area (Å²) in [5, 5.41) is 3.79. The van der Waals surface area contributed by atoms with Gasteiger partial charge in [-0.1, -0.05) is 60.0 Å². The number of rotatable bonds is 11. The molecule has 0 heterocycles. The third-order valence-electron chi connectivity index (χ3n) is 6.41. The van der Waals surface area contributed by atoms with Gasteiger partial charge in [0.05, 0.1) is 10.6 Å². The van der Waals surface area contributed by atoms with Crippen LogP contribution in [0.25, 0.3) is 0 Å². The average molecular weight is 591 g/mol. The van der Waals surface area contributed by atoms with Crippen LogP contribution in [-0.4, -0.2) is 43.8 Å². The molecule has 7 nitrogen and oxygen atoms in total. The Kier molecular flexibility index (Phi) is 10.4. The fourth-order valence-corrected chi connectivity index (χ4v) is 5.61. The number of hydrogen-bond donors (Lipinski definition) is 1. The summed E-state index contributed by atoms with van der Waals surface area (Å²) >= 11 is 12.2. The number of sulfonamides is 1. The highest BCUT2D eigenvalue weighted by Crippen LogP contribution is 2.26. The second-order valence-corrected chi connectivity index (χ2v) is 12.2. The van der Waals surface area contributed by atoms with Crippen LogP contribution in [-0.2, 0) is 26.2 Å². The van der Waals surface area contributed by atoms with Gasteiger partial charge in [-0.2, -0.15) is 0 Å². The molecule has 0 radical (unpaired) electrons. The van der Waals surface area contributed by atoms with Crippen LogP contribution in [0.15, 0.2) is 77.7 Å². The van der Waals surface area contributed by atoms with Crippen molar-refractivity contribution in [3.8, 4) is 0 Å². The average Bonchev–Trinajstić information content (AvgIpc) is 2.90. The Balaban J connectivity index is 2.02. The van der Waals surface area contributed by atoms with E-state index in [4.69, 9.17) is 23.2 Å². The highest BCUT2D eigenvalue weighted by Gasteiger charge is 2.32. The molecular formula is C29H33Cl2N3O4S. The van der Waals surface area contributed by atoms with Gasteiger partial charge in [-0.3, -0.25) is 13.9 Å². The number of benzene rings is 3. The molecule has 0 aromatic heterocycles. The molecule has 0 aliphatic rings. The largest absolute Gasteiger partial charge is 0.352 e. The third kappa shape index (κ3) is 7.97. The molecule has 10 heteroatoms. The number of aryl methyl sites for hydroxylation is 1. The number of halogens is 2. The van der Waals surface area contributed by atoms with E-state index >= 15 is 0 Å². The lowest BCUT2D eigenvalue weighted by Crippen LogP contribution is -2.52. The Morgan fingerprint density at radius 1 is 0.923 bits per heavy atom. The number of amides is 2. The summed E-state index contributed by atoms with van der Waals surface area (Å²) in [6.45, 7) is 6.89. The molecule has 1 N–H and O–H groups in total. The highest BCUT2D eigenvalue weighted by molar-refractivity contribution is 7.92. The first-order chi connectivity index (χ1) is 18.4. The van der Waals surface area contributed by atoms with E-state index in [0.29, 0.717) is 21.3 Å². The normalized spacial score (nSPS) is 12.9. The number of carbonyl (C=O) groups excluding carboxylic acids is 2. The van der Waals surface area contributed by atoms with E-state index in [1.807, 2.05) is 20.8 Å². The van der Waals surface area contributed by atoms with Gasteiger partial charge in [0.1, 0.15) is 12.6 Å². The molecule has 0 bridgehead atoms. The molecule has 0 aliphatic heterocycles. The van der Waals surface area contributed by atoms with Crippen molar-refractivity contribution in [3.05, 3.63) is 94.0 Å². The Morgan fingerprint density at radius 2 is 1.56 bits per heavy atom. The summed E-state index contributed by atoms with van der Waals surface area (Å²) < 4.78 is 28.6. The van der Waals surface area contributed by atoms with E-state index in [1.165, 1.54) is 29.2 Å². The first-order valence-electron chi connectivity index (χ1n) is 12.6. The molecule has 3 aromatic rings. The lowest BCUT2D eigenvalue weighted by molar-refractivity contribution is -0.139. The van der Waals surface area contributed by atoms with Gasteiger partial charge >= 0.3 is 0 Å². The predicted octanol–water partition coefficient (Wildman–Crippen LogP) is 5.83. The molecule has 2 atom stereocenters. The molecule has 0 fully saturated rings. The van der Waals surface area contributed by atoms with Crippen LogP contribution in [0.3, 0.4) is 0 Å². The number of nitrogens with one attached hydrogen (secondary N) is 1. The van der Waals surface area contributed by atoms with E-state index < -0.39 is 28.5 Å². The summed E-state index contributed by atoms with van der Waals surface area (Å²) in [4.78, 5) is 28.4. The third-order valence-corrected chi connectivity index (χ3v) is 8.69. The van der Waals surface area contributed by atoms with Gasteiger partial charge in [0.2, 0.25) is 11.8 Å². The van der Waals surface area contributed by atoms with Gasteiger partial charge in [-0.05, 0) is 81.3 Å². The second kappa shape index (κ2) is 13.3. The van der Waals surface area contributed by atoms with Crippen molar-refractivity contribution >= 4 is 50.7 Å². The fraction of sp³-hybridized carbons (Fsp3) is 0.310. The van der Waals surface area contributed by atoms with Crippen molar-refractivity contribution in [1.29, 1.82) is 0 Å². The molecular weight excluding hydrogens is 557 g/mol. The monoisotopic (exact) mass is 589 g/mol. The van der Waals surface area contributed by atoms with Crippen LogP contribution in [0.4, 0.5) is 5.69 Å². The smallest absolute Gasteiger partial charge is 0.264 e. The number of anilines is 1. The number of nitrogens with zero attached hydrogens (tertiary/aromatic N) is 2. The zero-order valence-electron chi connectivity index (χ0n) is 22.4. The standard InChI is InChI=1S/C29H33Cl2N3O4S/c1-5-21(3)32-29(36)22(4)33(18-23-7-6-8-25(31)17-23)28(35)19-34(26-13-9-20(2)10-14-26)39(37,38)27-15-11-24(30)12-16-27/h6-17,21-22H,5,18-19H2,1-4H3,(H,32,36)/t21-,22-/m1/s1. The van der Waals surface area contributed by atoms with Crippen molar-refractivity contribution in [3.63, 3.8) is 0 Å². The second-order valence-electron chi connectivity index (χ2n) is 9.45. The highest BCUT2D eigenvalue weighted by atomic mass is 35.5. The Labute approximate surface area is 240 Å². The molecule has 0 aliphatic carbocycles. The van der Waals surface area contributed by atoms with Gasteiger partial charge in [0.25, 0.3) is 10.0 Å². The lowest BCUT2D eigenvalue weighted by Gasteiger charge is -2.32. The fourth-order valence-electron chi connectivity index (χ4n) is 3.85.